The van der Waals surface area contributed by atoms with Crippen molar-refractivity contribution in [3.8, 4) is 0 Å². The van der Waals surface area contributed by atoms with Crippen molar-refractivity contribution in [2.45, 2.75) is 25.7 Å². The van der Waals surface area contributed by atoms with Crippen molar-refractivity contribution in [3.05, 3.63) is 47.8 Å². The molecule has 0 N–H and O–H groups in total. The molecule has 1 aliphatic heterocycles. The maximum absolute atomic E-state index is 12.8. The zero-order valence-electron chi connectivity index (χ0n) is 12.7. The minimum Gasteiger partial charge on any atom is -0.303 e. The second kappa shape index (κ2) is 7.89. The Hall–Kier alpha value is -1.19. The van der Waals surface area contributed by atoms with Crippen molar-refractivity contribution in [2.24, 2.45) is 11.8 Å². The summed E-state index contributed by atoms with van der Waals surface area (Å²) in [6, 6.07) is 5.86. The molecule has 4 heteroatoms. The van der Waals surface area contributed by atoms with Gasteiger partial charge < -0.3 is 4.90 Å². The van der Waals surface area contributed by atoms with Crippen LogP contribution in [0.5, 0.6) is 0 Å². The van der Waals surface area contributed by atoms with Crippen molar-refractivity contribution < 1.29 is 9.18 Å². The molecule has 2 nitrogen and oxygen atoms in total. The van der Waals surface area contributed by atoms with Gasteiger partial charge in [0.05, 0.1) is 0 Å². The van der Waals surface area contributed by atoms with E-state index in [1.54, 1.807) is 12.1 Å². The Kier molecular flexibility index (Phi) is 6.16. The number of ketones is 1. The molecule has 1 heterocycles. The third kappa shape index (κ3) is 4.17. The smallest absolute Gasteiger partial charge is 0.162 e. The first kappa shape index (κ1) is 17.2. The molecule has 0 aromatic heterocycles. The van der Waals surface area contributed by atoms with Crippen LogP contribution in [-0.4, -0.2) is 30.3 Å². The molecular formula is C18H23ClFNO. The number of hydrogen-bond acceptors (Lipinski definition) is 2. The van der Waals surface area contributed by atoms with E-state index in [2.05, 4.69) is 17.1 Å². The number of carbonyl (C=O) groups is 1. The standard InChI is InChI=1S/C18H22FNO.ClH/c19-17-9-7-14(8-10-17)18(21)6-3-11-20-12-15-4-1-2-5-16(15)13-20;/h1-2,7-10,15-16H,3-6,11-13H2;1H. The Morgan fingerprint density at radius 1 is 1.09 bits per heavy atom. The lowest BCUT2D eigenvalue weighted by Gasteiger charge is -2.18. The van der Waals surface area contributed by atoms with Crippen LogP contribution in [-0.2, 0) is 0 Å². The highest BCUT2D eigenvalue weighted by Crippen LogP contribution is 2.32. The third-order valence-electron chi connectivity index (χ3n) is 4.74. The number of allylic oxidation sites excluding steroid dienone is 2. The second-order valence-corrected chi connectivity index (χ2v) is 6.26. The van der Waals surface area contributed by atoms with Gasteiger partial charge in [-0.2, -0.15) is 0 Å². The van der Waals surface area contributed by atoms with Gasteiger partial charge in [-0.25, -0.2) is 4.39 Å². The fourth-order valence-corrected chi connectivity index (χ4v) is 3.54. The van der Waals surface area contributed by atoms with Gasteiger partial charge in [0.1, 0.15) is 5.82 Å². The van der Waals surface area contributed by atoms with Gasteiger partial charge in [-0.05, 0) is 61.9 Å². The fraction of sp³-hybridized carbons (Fsp3) is 0.500. The molecule has 2 aliphatic rings. The van der Waals surface area contributed by atoms with Gasteiger partial charge in [0.25, 0.3) is 0 Å². The number of likely N-dealkylation sites (tertiary alicyclic amines) is 1. The minimum atomic E-state index is -0.292. The van der Waals surface area contributed by atoms with Gasteiger partial charge >= 0.3 is 0 Å². The molecule has 1 aromatic rings. The molecule has 3 rings (SSSR count). The molecule has 1 aromatic carbocycles. The first-order chi connectivity index (χ1) is 10.2. The maximum Gasteiger partial charge on any atom is 0.162 e. The van der Waals surface area contributed by atoms with Gasteiger partial charge in [0.15, 0.2) is 5.78 Å². The Balaban J connectivity index is 0.00000176. The Labute approximate surface area is 137 Å². The first-order valence-electron chi connectivity index (χ1n) is 7.88. The Morgan fingerprint density at radius 3 is 2.27 bits per heavy atom. The minimum absolute atomic E-state index is 0. The number of Topliss-reactive ketones (excluding diaryl/α,β-unsaturated/α-hetero) is 1. The van der Waals surface area contributed by atoms with Crippen molar-refractivity contribution in [1.29, 1.82) is 0 Å². The molecule has 2 unspecified atom stereocenters. The van der Waals surface area contributed by atoms with Gasteiger partial charge in [0, 0.05) is 25.1 Å². The summed E-state index contributed by atoms with van der Waals surface area (Å²) >= 11 is 0. The number of benzene rings is 1. The first-order valence-corrected chi connectivity index (χ1v) is 7.88. The largest absolute Gasteiger partial charge is 0.303 e. The van der Waals surface area contributed by atoms with Crippen LogP contribution >= 0.6 is 12.4 Å². The van der Waals surface area contributed by atoms with Crippen LogP contribution < -0.4 is 0 Å². The highest BCUT2D eigenvalue weighted by atomic mass is 35.5. The van der Waals surface area contributed by atoms with Crippen LogP contribution in [0.15, 0.2) is 36.4 Å². The van der Waals surface area contributed by atoms with Crippen LogP contribution in [0.1, 0.15) is 36.0 Å². The van der Waals surface area contributed by atoms with Gasteiger partial charge in [-0.1, -0.05) is 12.2 Å². The summed E-state index contributed by atoms with van der Waals surface area (Å²) in [5, 5.41) is 0. The van der Waals surface area contributed by atoms with Crippen LogP contribution in [0.3, 0.4) is 0 Å². The van der Waals surface area contributed by atoms with E-state index in [0.717, 1.165) is 24.8 Å². The average Bonchev–Trinajstić information content (AvgIpc) is 2.90. The summed E-state index contributed by atoms with van der Waals surface area (Å²) in [5.74, 6) is 1.47. The second-order valence-electron chi connectivity index (χ2n) is 6.26. The number of hydrogen-bond donors (Lipinski definition) is 0. The van der Waals surface area contributed by atoms with Crippen molar-refractivity contribution >= 4 is 18.2 Å². The average molecular weight is 324 g/mol. The monoisotopic (exact) mass is 323 g/mol. The zero-order valence-corrected chi connectivity index (χ0v) is 13.5. The van der Waals surface area contributed by atoms with Crippen LogP contribution in [0.25, 0.3) is 0 Å². The highest BCUT2D eigenvalue weighted by Gasteiger charge is 2.32. The maximum atomic E-state index is 12.8. The van der Waals surface area contributed by atoms with E-state index in [0.29, 0.717) is 12.0 Å². The summed E-state index contributed by atoms with van der Waals surface area (Å²) in [7, 11) is 0. The van der Waals surface area contributed by atoms with Gasteiger partial charge in [-0.15, -0.1) is 12.4 Å². The number of nitrogens with zero attached hydrogens (tertiary/aromatic N) is 1. The summed E-state index contributed by atoms with van der Waals surface area (Å²) in [5.41, 5.74) is 0.621. The molecule has 0 amide bonds. The van der Waals surface area contributed by atoms with Gasteiger partial charge in [0.2, 0.25) is 0 Å². The molecule has 0 radical (unpaired) electrons. The van der Waals surface area contributed by atoms with E-state index >= 15 is 0 Å². The number of fused-ring (bicyclic) bond motifs is 1. The van der Waals surface area contributed by atoms with Crippen LogP contribution in [0.4, 0.5) is 4.39 Å². The molecule has 0 spiro atoms. The van der Waals surface area contributed by atoms with E-state index < -0.39 is 0 Å². The summed E-state index contributed by atoms with van der Waals surface area (Å²) in [6.45, 7) is 3.36. The van der Waals surface area contributed by atoms with Gasteiger partial charge in [-0.3, -0.25) is 4.79 Å². The molecule has 2 atom stereocenters. The predicted molar refractivity (Wildman–Crippen MR) is 89.0 cm³/mol. The van der Waals surface area contributed by atoms with Crippen molar-refractivity contribution in [3.63, 3.8) is 0 Å². The summed E-state index contributed by atoms with van der Waals surface area (Å²) in [4.78, 5) is 14.5. The Bertz CT molecular complexity index is 512. The lowest BCUT2D eigenvalue weighted by Crippen LogP contribution is -2.22. The summed E-state index contributed by atoms with van der Waals surface area (Å²) < 4.78 is 12.8. The Morgan fingerprint density at radius 2 is 1.68 bits per heavy atom. The quantitative estimate of drug-likeness (QED) is 0.600. The topological polar surface area (TPSA) is 20.3 Å². The number of carbonyl (C=O) groups excluding carboxylic acids is 1. The SMILES string of the molecule is Cl.O=C(CCCN1CC2CC=CCC2C1)c1ccc(F)cc1. The lowest BCUT2D eigenvalue weighted by molar-refractivity contribution is 0.0976. The molecule has 22 heavy (non-hydrogen) atoms. The molecule has 1 aliphatic carbocycles. The van der Waals surface area contributed by atoms with E-state index in [1.165, 1.54) is 38.1 Å². The predicted octanol–water partition coefficient (Wildman–Crippen LogP) is 4.11. The van der Waals surface area contributed by atoms with E-state index in [4.69, 9.17) is 0 Å². The normalized spacial score (nSPS) is 23.9. The van der Waals surface area contributed by atoms with Crippen molar-refractivity contribution in [2.75, 3.05) is 19.6 Å². The van der Waals surface area contributed by atoms with Crippen LogP contribution in [0, 0.1) is 17.7 Å². The highest BCUT2D eigenvalue weighted by molar-refractivity contribution is 5.95. The molecule has 1 fully saturated rings. The van der Waals surface area contributed by atoms with Crippen LogP contribution in [0.2, 0.25) is 0 Å². The molecule has 0 saturated carbocycles. The third-order valence-corrected chi connectivity index (χ3v) is 4.74. The number of halogens is 2. The van der Waals surface area contributed by atoms with Crippen molar-refractivity contribution in [1.82, 2.24) is 4.90 Å². The molecule has 1 saturated heterocycles. The van der Waals surface area contributed by atoms with E-state index in [9.17, 15) is 9.18 Å². The molecule has 120 valence electrons. The molecule has 0 bridgehead atoms. The van der Waals surface area contributed by atoms with E-state index in [-0.39, 0.29) is 24.0 Å². The zero-order chi connectivity index (χ0) is 14.7. The summed E-state index contributed by atoms with van der Waals surface area (Å²) in [6.07, 6.45) is 8.50. The lowest BCUT2D eigenvalue weighted by atomic mass is 9.86. The number of rotatable bonds is 5. The fourth-order valence-electron chi connectivity index (χ4n) is 3.54. The van der Waals surface area contributed by atoms with E-state index in [1.807, 2.05) is 0 Å². The molecular weight excluding hydrogens is 301 g/mol.